The van der Waals surface area contributed by atoms with Crippen molar-refractivity contribution in [2.45, 2.75) is 39.2 Å². The number of anilines is 1. The zero-order valence-electron chi connectivity index (χ0n) is 12.7. The molecule has 1 amide bonds. The molecule has 1 aliphatic heterocycles. The summed E-state index contributed by atoms with van der Waals surface area (Å²) in [6.45, 7) is 4.92. The third-order valence-corrected chi connectivity index (χ3v) is 5.74. The quantitative estimate of drug-likeness (QED) is 0.927. The van der Waals surface area contributed by atoms with E-state index >= 15 is 0 Å². The predicted molar refractivity (Wildman–Crippen MR) is 91.3 cm³/mol. The summed E-state index contributed by atoms with van der Waals surface area (Å²) in [5.74, 6) is -0.115. The van der Waals surface area contributed by atoms with Crippen molar-refractivity contribution < 1.29 is 4.79 Å². The summed E-state index contributed by atoms with van der Waals surface area (Å²) in [5.41, 5.74) is 0. The highest BCUT2D eigenvalue weighted by atomic mass is 32.1. The SMILES string of the molecule is CC(=O)Nc1nnc(-c2ccc(CN3CCCCCC3)s2)s1. The fraction of sp³-hybridized carbons (Fsp3) is 0.533. The second kappa shape index (κ2) is 7.30. The number of hydrogen-bond acceptors (Lipinski definition) is 6. The van der Waals surface area contributed by atoms with E-state index in [0.29, 0.717) is 5.13 Å². The van der Waals surface area contributed by atoms with Gasteiger partial charge in [-0.3, -0.25) is 9.69 Å². The fourth-order valence-electron chi connectivity index (χ4n) is 2.62. The number of carbonyl (C=O) groups is 1. The standard InChI is InChI=1S/C15H20N4OS2/c1-11(20)16-15-18-17-14(22-15)13-7-6-12(21-13)10-19-8-4-2-3-5-9-19/h6-7H,2-5,8-10H2,1H3,(H,16,18,20). The molecule has 0 unspecified atom stereocenters. The molecule has 2 aromatic rings. The number of hydrogen-bond donors (Lipinski definition) is 1. The summed E-state index contributed by atoms with van der Waals surface area (Å²) < 4.78 is 0. The van der Waals surface area contributed by atoms with E-state index in [0.717, 1.165) is 16.4 Å². The molecule has 5 nitrogen and oxygen atoms in total. The summed E-state index contributed by atoms with van der Waals surface area (Å²) in [4.78, 5) is 16.1. The topological polar surface area (TPSA) is 58.1 Å². The summed E-state index contributed by atoms with van der Waals surface area (Å²) in [5, 5.41) is 12.3. The van der Waals surface area contributed by atoms with Crippen LogP contribution in [-0.4, -0.2) is 34.1 Å². The third kappa shape index (κ3) is 4.12. The van der Waals surface area contributed by atoms with Crippen LogP contribution >= 0.6 is 22.7 Å². The molecular weight excluding hydrogens is 316 g/mol. The summed E-state index contributed by atoms with van der Waals surface area (Å²) >= 11 is 3.19. The Morgan fingerprint density at radius 2 is 1.95 bits per heavy atom. The van der Waals surface area contributed by atoms with Crippen LogP contribution in [0.5, 0.6) is 0 Å². The molecule has 1 saturated heterocycles. The smallest absolute Gasteiger partial charge is 0.223 e. The zero-order chi connectivity index (χ0) is 15.4. The Morgan fingerprint density at radius 1 is 1.18 bits per heavy atom. The molecule has 0 aliphatic carbocycles. The molecule has 1 aliphatic rings. The van der Waals surface area contributed by atoms with Gasteiger partial charge in [0, 0.05) is 18.3 Å². The maximum atomic E-state index is 11.0. The number of nitrogens with one attached hydrogen (secondary N) is 1. The van der Waals surface area contributed by atoms with Gasteiger partial charge in [0.25, 0.3) is 0 Å². The predicted octanol–water partition coefficient (Wildman–Crippen LogP) is 3.60. The number of likely N-dealkylation sites (tertiary alicyclic amines) is 1. The van der Waals surface area contributed by atoms with Gasteiger partial charge < -0.3 is 5.32 Å². The first-order chi connectivity index (χ1) is 10.7. The lowest BCUT2D eigenvalue weighted by Crippen LogP contribution is -2.23. The van der Waals surface area contributed by atoms with Crippen LogP contribution in [0.15, 0.2) is 12.1 Å². The minimum absolute atomic E-state index is 0.115. The van der Waals surface area contributed by atoms with Gasteiger partial charge in [0.2, 0.25) is 11.0 Å². The van der Waals surface area contributed by atoms with Gasteiger partial charge >= 0.3 is 0 Å². The van der Waals surface area contributed by atoms with Gasteiger partial charge in [-0.1, -0.05) is 24.2 Å². The van der Waals surface area contributed by atoms with E-state index in [4.69, 9.17) is 0 Å². The number of rotatable bonds is 4. The monoisotopic (exact) mass is 336 g/mol. The first kappa shape index (κ1) is 15.6. The van der Waals surface area contributed by atoms with Gasteiger partial charge in [0.15, 0.2) is 5.01 Å². The normalized spacial score (nSPS) is 16.4. The van der Waals surface area contributed by atoms with Gasteiger partial charge in [0.05, 0.1) is 4.88 Å². The number of amides is 1. The summed E-state index contributed by atoms with van der Waals surface area (Å²) in [7, 11) is 0. The van der Waals surface area contributed by atoms with E-state index in [1.165, 1.54) is 61.9 Å². The van der Waals surface area contributed by atoms with Crippen LogP contribution in [-0.2, 0) is 11.3 Å². The molecule has 0 radical (unpaired) electrons. The Hall–Kier alpha value is -1.31. The van der Waals surface area contributed by atoms with Crippen LogP contribution in [0.1, 0.15) is 37.5 Å². The van der Waals surface area contributed by atoms with E-state index in [1.807, 2.05) is 0 Å². The number of carbonyl (C=O) groups excluding carboxylic acids is 1. The number of nitrogens with zero attached hydrogens (tertiary/aromatic N) is 3. The summed E-state index contributed by atoms with van der Waals surface area (Å²) in [6, 6.07) is 4.29. The van der Waals surface area contributed by atoms with E-state index in [1.54, 1.807) is 11.3 Å². The molecule has 2 aromatic heterocycles. The average molecular weight is 336 g/mol. The van der Waals surface area contributed by atoms with Crippen LogP contribution in [0.25, 0.3) is 9.88 Å². The van der Waals surface area contributed by atoms with Crippen molar-refractivity contribution in [2.75, 3.05) is 18.4 Å². The fourth-order valence-corrected chi connectivity index (χ4v) is 4.51. The minimum Gasteiger partial charge on any atom is -0.301 e. The largest absolute Gasteiger partial charge is 0.301 e. The highest BCUT2D eigenvalue weighted by molar-refractivity contribution is 7.23. The molecule has 1 N–H and O–H groups in total. The average Bonchev–Trinajstić information content (AvgIpc) is 3.03. The molecule has 3 heterocycles. The van der Waals surface area contributed by atoms with Crippen molar-refractivity contribution in [3.63, 3.8) is 0 Å². The molecule has 7 heteroatoms. The zero-order valence-corrected chi connectivity index (χ0v) is 14.3. The van der Waals surface area contributed by atoms with Crippen molar-refractivity contribution in [3.05, 3.63) is 17.0 Å². The Kier molecular flexibility index (Phi) is 5.17. The number of thiophene rings is 1. The first-order valence-electron chi connectivity index (χ1n) is 7.63. The van der Waals surface area contributed by atoms with Crippen LogP contribution < -0.4 is 5.32 Å². The molecule has 3 rings (SSSR count). The van der Waals surface area contributed by atoms with Crippen molar-refractivity contribution in [2.24, 2.45) is 0 Å². The van der Waals surface area contributed by atoms with Gasteiger partial charge in [0.1, 0.15) is 0 Å². The molecular formula is C15H20N4OS2. The van der Waals surface area contributed by atoms with Crippen LogP contribution in [0.3, 0.4) is 0 Å². The molecule has 0 spiro atoms. The van der Waals surface area contributed by atoms with Gasteiger partial charge in [-0.05, 0) is 38.1 Å². The van der Waals surface area contributed by atoms with E-state index in [9.17, 15) is 4.79 Å². The van der Waals surface area contributed by atoms with Gasteiger partial charge in [-0.25, -0.2) is 0 Å². The Labute approximate surface area is 138 Å². The minimum atomic E-state index is -0.115. The second-order valence-corrected chi connectivity index (χ2v) is 7.70. The lowest BCUT2D eigenvalue weighted by molar-refractivity contribution is -0.114. The maximum absolute atomic E-state index is 11.0. The lowest BCUT2D eigenvalue weighted by atomic mass is 10.2. The molecule has 0 aromatic carbocycles. The third-order valence-electron chi connectivity index (χ3n) is 3.66. The van der Waals surface area contributed by atoms with Crippen molar-refractivity contribution >= 4 is 33.7 Å². The molecule has 1 fully saturated rings. The first-order valence-corrected chi connectivity index (χ1v) is 9.26. The molecule has 0 bridgehead atoms. The van der Waals surface area contributed by atoms with Crippen LogP contribution in [0, 0.1) is 0 Å². The van der Waals surface area contributed by atoms with Crippen molar-refractivity contribution in [3.8, 4) is 9.88 Å². The van der Waals surface area contributed by atoms with Crippen LogP contribution in [0.2, 0.25) is 0 Å². The van der Waals surface area contributed by atoms with Gasteiger partial charge in [-0.15, -0.1) is 21.5 Å². The Balaban J connectivity index is 1.65. The Morgan fingerprint density at radius 3 is 2.68 bits per heavy atom. The highest BCUT2D eigenvalue weighted by Gasteiger charge is 2.13. The van der Waals surface area contributed by atoms with Crippen LogP contribution in [0.4, 0.5) is 5.13 Å². The van der Waals surface area contributed by atoms with Gasteiger partial charge in [-0.2, -0.15) is 0 Å². The molecule has 0 saturated carbocycles. The van der Waals surface area contributed by atoms with Crippen molar-refractivity contribution in [1.82, 2.24) is 15.1 Å². The van der Waals surface area contributed by atoms with E-state index < -0.39 is 0 Å². The number of aromatic nitrogens is 2. The highest BCUT2D eigenvalue weighted by Crippen LogP contribution is 2.32. The second-order valence-electron chi connectivity index (χ2n) is 5.55. The lowest BCUT2D eigenvalue weighted by Gasteiger charge is -2.18. The molecule has 0 atom stereocenters. The Bertz CT molecular complexity index is 629. The van der Waals surface area contributed by atoms with E-state index in [-0.39, 0.29) is 5.91 Å². The van der Waals surface area contributed by atoms with Crippen molar-refractivity contribution in [1.29, 1.82) is 0 Å². The maximum Gasteiger partial charge on any atom is 0.223 e. The molecule has 22 heavy (non-hydrogen) atoms. The molecule has 118 valence electrons. The summed E-state index contributed by atoms with van der Waals surface area (Å²) in [6.07, 6.45) is 5.36. The van der Waals surface area contributed by atoms with E-state index in [2.05, 4.69) is 32.5 Å².